The minimum Gasteiger partial charge on any atom is -0.389 e. The zero-order valence-corrected chi connectivity index (χ0v) is 11.8. The van der Waals surface area contributed by atoms with Gasteiger partial charge in [-0.25, -0.2) is 0 Å². The van der Waals surface area contributed by atoms with E-state index in [0.717, 1.165) is 15.7 Å². The molecule has 86 valence electrons. The van der Waals surface area contributed by atoms with Gasteiger partial charge in [0.2, 0.25) is 5.91 Å². The number of thiocarbonyl (C=S) groups is 1. The highest BCUT2D eigenvalue weighted by Gasteiger charge is 2.06. The molecule has 0 aliphatic heterocycles. The number of benzene rings is 1. The number of rotatable bonds is 4. The summed E-state index contributed by atoms with van der Waals surface area (Å²) in [5, 5.41) is 2.79. The number of nitrogens with two attached hydrogens (primary N) is 1. The Bertz CT molecular complexity index is 423. The third-order valence-corrected chi connectivity index (χ3v) is 3.25. The largest absolute Gasteiger partial charge is 0.389 e. The summed E-state index contributed by atoms with van der Waals surface area (Å²) in [4.78, 5) is 11.7. The van der Waals surface area contributed by atoms with E-state index in [1.807, 2.05) is 6.26 Å². The Morgan fingerprint density at radius 1 is 1.62 bits per heavy atom. The zero-order chi connectivity index (χ0) is 12.1. The molecule has 0 unspecified atom stereocenters. The molecule has 0 saturated heterocycles. The van der Waals surface area contributed by atoms with Gasteiger partial charge in [-0.1, -0.05) is 12.2 Å². The Balaban J connectivity index is 2.83. The summed E-state index contributed by atoms with van der Waals surface area (Å²) in [7, 11) is 0. The van der Waals surface area contributed by atoms with Crippen molar-refractivity contribution >= 4 is 56.5 Å². The highest BCUT2D eigenvalue weighted by molar-refractivity contribution is 9.10. The Hall–Kier alpha value is -0.590. The summed E-state index contributed by atoms with van der Waals surface area (Å²) >= 11 is 9.69. The van der Waals surface area contributed by atoms with E-state index in [0.29, 0.717) is 10.7 Å². The van der Waals surface area contributed by atoms with Crippen LogP contribution in [0, 0.1) is 0 Å². The summed E-state index contributed by atoms with van der Waals surface area (Å²) < 4.78 is 0.771. The van der Waals surface area contributed by atoms with Gasteiger partial charge in [0.05, 0.1) is 11.4 Å². The van der Waals surface area contributed by atoms with Crippen molar-refractivity contribution in [1.29, 1.82) is 0 Å². The van der Waals surface area contributed by atoms with Crippen LogP contribution in [0.3, 0.4) is 0 Å². The predicted octanol–water partition coefficient (Wildman–Crippen LogP) is 2.38. The third-order valence-electron chi connectivity index (χ3n) is 1.80. The van der Waals surface area contributed by atoms with Gasteiger partial charge in [-0.3, -0.25) is 4.79 Å². The van der Waals surface area contributed by atoms with E-state index in [-0.39, 0.29) is 5.91 Å². The van der Waals surface area contributed by atoms with Gasteiger partial charge < -0.3 is 11.1 Å². The van der Waals surface area contributed by atoms with E-state index in [2.05, 4.69) is 21.2 Å². The second kappa shape index (κ2) is 6.22. The molecule has 3 nitrogen and oxygen atoms in total. The van der Waals surface area contributed by atoms with Crippen LogP contribution >= 0.6 is 39.9 Å². The van der Waals surface area contributed by atoms with Crippen LogP contribution in [0.5, 0.6) is 0 Å². The van der Waals surface area contributed by atoms with Crippen molar-refractivity contribution in [1.82, 2.24) is 0 Å². The zero-order valence-electron chi connectivity index (χ0n) is 8.62. The number of amides is 1. The Morgan fingerprint density at radius 3 is 2.81 bits per heavy atom. The van der Waals surface area contributed by atoms with Crippen molar-refractivity contribution in [2.75, 3.05) is 17.3 Å². The van der Waals surface area contributed by atoms with Crippen molar-refractivity contribution < 1.29 is 4.79 Å². The standard InChI is InChI=1S/C10H11BrN2OS2/c1-16-5-9(14)13-8-3-2-6(10(12)15)4-7(8)11/h2-4H,5H2,1H3,(H2,12,15)(H,13,14). The molecule has 1 aromatic rings. The number of hydrogen-bond donors (Lipinski definition) is 2. The second-order valence-electron chi connectivity index (χ2n) is 3.04. The molecule has 0 atom stereocenters. The maximum absolute atomic E-state index is 11.4. The topological polar surface area (TPSA) is 55.1 Å². The third kappa shape index (κ3) is 3.77. The smallest absolute Gasteiger partial charge is 0.234 e. The molecule has 0 aromatic heterocycles. The van der Waals surface area contributed by atoms with Crippen LogP contribution < -0.4 is 11.1 Å². The summed E-state index contributed by atoms with van der Waals surface area (Å²) in [5.74, 6) is 0.403. The van der Waals surface area contributed by atoms with Crippen LogP contribution in [0.2, 0.25) is 0 Å². The van der Waals surface area contributed by atoms with Crippen LogP contribution in [-0.2, 0) is 4.79 Å². The Morgan fingerprint density at radius 2 is 2.31 bits per heavy atom. The fourth-order valence-electron chi connectivity index (χ4n) is 1.09. The number of thioether (sulfide) groups is 1. The normalized spacial score (nSPS) is 9.88. The highest BCUT2D eigenvalue weighted by atomic mass is 79.9. The van der Waals surface area contributed by atoms with Crippen molar-refractivity contribution in [2.45, 2.75) is 0 Å². The molecule has 1 rings (SSSR count). The van der Waals surface area contributed by atoms with Crippen molar-refractivity contribution in [3.63, 3.8) is 0 Å². The Kier molecular flexibility index (Phi) is 5.24. The van der Waals surface area contributed by atoms with Crippen LogP contribution in [0.25, 0.3) is 0 Å². The van der Waals surface area contributed by atoms with E-state index in [1.54, 1.807) is 18.2 Å². The van der Waals surface area contributed by atoms with Gasteiger partial charge in [0.25, 0.3) is 0 Å². The van der Waals surface area contributed by atoms with E-state index in [9.17, 15) is 4.79 Å². The molecule has 0 aliphatic rings. The maximum atomic E-state index is 11.4. The monoisotopic (exact) mass is 318 g/mol. The fourth-order valence-corrected chi connectivity index (χ4v) is 2.03. The van der Waals surface area contributed by atoms with Gasteiger partial charge in [-0.15, -0.1) is 0 Å². The lowest BCUT2D eigenvalue weighted by molar-refractivity contribution is -0.113. The number of nitrogens with one attached hydrogen (secondary N) is 1. The first-order valence-corrected chi connectivity index (χ1v) is 7.02. The van der Waals surface area contributed by atoms with E-state index >= 15 is 0 Å². The predicted molar refractivity (Wildman–Crippen MR) is 77.0 cm³/mol. The van der Waals surface area contributed by atoms with Crippen molar-refractivity contribution in [3.8, 4) is 0 Å². The maximum Gasteiger partial charge on any atom is 0.234 e. The van der Waals surface area contributed by atoms with E-state index in [4.69, 9.17) is 18.0 Å². The quantitative estimate of drug-likeness (QED) is 0.837. The summed E-state index contributed by atoms with van der Waals surface area (Å²) in [6.45, 7) is 0. The average Bonchev–Trinajstić information content (AvgIpc) is 2.21. The highest BCUT2D eigenvalue weighted by Crippen LogP contribution is 2.23. The van der Waals surface area contributed by atoms with Gasteiger partial charge in [0, 0.05) is 10.0 Å². The average molecular weight is 319 g/mol. The molecule has 0 heterocycles. The molecule has 0 saturated carbocycles. The van der Waals surface area contributed by atoms with Gasteiger partial charge in [-0.2, -0.15) is 11.8 Å². The van der Waals surface area contributed by atoms with Crippen LogP contribution in [-0.4, -0.2) is 22.9 Å². The van der Waals surface area contributed by atoms with Crippen molar-refractivity contribution in [3.05, 3.63) is 28.2 Å². The molecule has 3 N–H and O–H groups in total. The summed E-state index contributed by atoms with van der Waals surface area (Å²) in [5.41, 5.74) is 6.99. The second-order valence-corrected chi connectivity index (χ2v) is 5.20. The molecule has 16 heavy (non-hydrogen) atoms. The van der Waals surface area contributed by atoms with Crippen molar-refractivity contribution in [2.24, 2.45) is 5.73 Å². The van der Waals surface area contributed by atoms with Crippen LogP contribution in [0.4, 0.5) is 5.69 Å². The molecular formula is C10H11BrN2OS2. The molecule has 0 bridgehead atoms. The number of carbonyl (C=O) groups is 1. The molecule has 1 amide bonds. The molecule has 6 heteroatoms. The minimum absolute atomic E-state index is 0.0312. The Labute approximate surface area is 112 Å². The minimum atomic E-state index is -0.0312. The van der Waals surface area contributed by atoms with Gasteiger partial charge in [0.15, 0.2) is 0 Å². The lowest BCUT2D eigenvalue weighted by atomic mass is 10.2. The first kappa shape index (κ1) is 13.5. The summed E-state index contributed by atoms with van der Waals surface area (Å²) in [6.07, 6.45) is 1.88. The van der Waals surface area contributed by atoms with Crippen LogP contribution in [0.15, 0.2) is 22.7 Å². The first-order chi connectivity index (χ1) is 7.54. The fraction of sp³-hybridized carbons (Fsp3) is 0.200. The number of carbonyl (C=O) groups excluding carboxylic acids is 1. The molecule has 1 aromatic carbocycles. The van der Waals surface area contributed by atoms with Gasteiger partial charge >= 0.3 is 0 Å². The number of halogens is 1. The van der Waals surface area contributed by atoms with E-state index < -0.39 is 0 Å². The number of hydrogen-bond acceptors (Lipinski definition) is 3. The first-order valence-electron chi connectivity index (χ1n) is 4.42. The SMILES string of the molecule is CSCC(=O)Nc1ccc(C(N)=S)cc1Br. The van der Waals surface area contributed by atoms with Crippen LogP contribution in [0.1, 0.15) is 5.56 Å². The molecule has 0 spiro atoms. The lowest BCUT2D eigenvalue weighted by Gasteiger charge is -2.08. The van der Waals surface area contributed by atoms with Gasteiger partial charge in [0.1, 0.15) is 4.99 Å². The molecular weight excluding hydrogens is 308 g/mol. The summed E-state index contributed by atoms with van der Waals surface area (Å²) in [6, 6.07) is 5.34. The van der Waals surface area contributed by atoms with E-state index in [1.165, 1.54) is 11.8 Å². The molecule has 0 aliphatic carbocycles. The number of anilines is 1. The lowest BCUT2D eigenvalue weighted by Crippen LogP contribution is -2.15. The molecule has 0 radical (unpaired) electrons. The molecule has 0 fully saturated rings. The van der Waals surface area contributed by atoms with Gasteiger partial charge in [-0.05, 0) is 40.4 Å².